The number of halogens is 1. The highest BCUT2D eigenvalue weighted by Gasteiger charge is 2.11. The minimum absolute atomic E-state index is 0.698. The molecule has 0 aliphatic heterocycles. The summed E-state index contributed by atoms with van der Waals surface area (Å²) in [5.74, 6) is 0. The van der Waals surface area contributed by atoms with Crippen molar-refractivity contribution in [1.82, 2.24) is 4.57 Å². The van der Waals surface area contributed by atoms with Crippen LogP contribution in [0.1, 0.15) is 0 Å². The smallest absolute Gasteiger partial charge is 0.166 e. The summed E-state index contributed by atoms with van der Waals surface area (Å²) in [6.45, 7) is 0. The van der Waals surface area contributed by atoms with Crippen molar-refractivity contribution in [3.8, 4) is 16.9 Å². The van der Waals surface area contributed by atoms with Crippen LogP contribution in [0.2, 0.25) is 5.02 Å². The number of para-hydroxylation sites is 1. The molecule has 4 rings (SSSR count). The van der Waals surface area contributed by atoms with Crippen molar-refractivity contribution in [3.05, 3.63) is 81.1 Å². The second-order valence-corrected chi connectivity index (χ2v) is 7.15. The van der Waals surface area contributed by atoms with Crippen LogP contribution in [0.4, 0.5) is 0 Å². The molecule has 0 saturated heterocycles. The third-order valence-electron chi connectivity index (χ3n) is 3.83. The molecule has 0 saturated carbocycles. The first-order valence-corrected chi connectivity index (χ1v) is 8.85. The lowest BCUT2D eigenvalue weighted by Gasteiger charge is -2.11. The highest BCUT2D eigenvalue weighted by molar-refractivity contribution is 7.73. The van der Waals surface area contributed by atoms with Crippen molar-refractivity contribution < 1.29 is 0 Å². The average molecular weight is 354 g/mol. The second kappa shape index (κ2) is 5.93. The minimum Gasteiger partial charge on any atom is -0.290 e. The maximum atomic E-state index is 6.38. The standard InChI is InChI=1S/C19H12ClNS2/c20-16-7-3-4-8-17(16)21-18(12-23-19(21)22)15-10-9-13-5-1-2-6-14(13)11-15/h1-12H. The lowest BCUT2D eigenvalue weighted by molar-refractivity contribution is 1.08. The van der Waals surface area contributed by atoms with Crippen LogP contribution in [0, 0.1) is 3.95 Å². The maximum Gasteiger partial charge on any atom is 0.166 e. The zero-order valence-electron chi connectivity index (χ0n) is 12.1. The van der Waals surface area contributed by atoms with Gasteiger partial charge in [-0.2, -0.15) is 0 Å². The molecular weight excluding hydrogens is 342 g/mol. The van der Waals surface area contributed by atoms with Crippen molar-refractivity contribution in [1.29, 1.82) is 0 Å². The van der Waals surface area contributed by atoms with E-state index >= 15 is 0 Å². The third-order valence-corrected chi connectivity index (χ3v) is 5.35. The van der Waals surface area contributed by atoms with Crippen molar-refractivity contribution >= 4 is 45.9 Å². The first-order valence-electron chi connectivity index (χ1n) is 7.19. The second-order valence-electron chi connectivity index (χ2n) is 5.24. The molecule has 4 aromatic rings. The SMILES string of the molecule is S=c1scc(-c2ccc3ccccc3c2)n1-c1ccccc1Cl. The Morgan fingerprint density at radius 1 is 0.870 bits per heavy atom. The Balaban J connectivity index is 1.96. The molecule has 0 aliphatic carbocycles. The van der Waals surface area contributed by atoms with Gasteiger partial charge in [-0.25, -0.2) is 0 Å². The van der Waals surface area contributed by atoms with Gasteiger partial charge in [0.05, 0.1) is 16.4 Å². The number of hydrogen-bond acceptors (Lipinski definition) is 2. The van der Waals surface area contributed by atoms with Gasteiger partial charge in [0.15, 0.2) is 3.95 Å². The Labute approximate surface area is 148 Å². The maximum absolute atomic E-state index is 6.38. The fourth-order valence-corrected chi connectivity index (χ4v) is 4.03. The molecule has 0 fully saturated rings. The Hall–Kier alpha value is -1.94. The van der Waals surface area contributed by atoms with Crippen LogP contribution in [0.15, 0.2) is 72.1 Å². The van der Waals surface area contributed by atoms with E-state index in [1.807, 2.05) is 28.8 Å². The molecule has 0 unspecified atom stereocenters. The summed E-state index contributed by atoms with van der Waals surface area (Å²) in [6.07, 6.45) is 0. The highest BCUT2D eigenvalue weighted by Crippen LogP contribution is 2.32. The molecule has 1 nitrogen and oxygen atoms in total. The van der Waals surface area contributed by atoms with E-state index in [9.17, 15) is 0 Å². The van der Waals surface area contributed by atoms with Gasteiger partial charge >= 0.3 is 0 Å². The Bertz CT molecular complexity index is 1060. The zero-order valence-corrected chi connectivity index (χ0v) is 14.5. The van der Waals surface area contributed by atoms with Gasteiger partial charge < -0.3 is 0 Å². The molecule has 1 aromatic heterocycles. The molecule has 3 aromatic carbocycles. The monoisotopic (exact) mass is 353 g/mol. The normalized spacial score (nSPS) is 11.0. The Morgan fingerprint density at radius 3 is 2.43 bits per heavy atom. The number of nitrogens with zero attached hydrogens (tertiary/aromatic N) is 1. The lowest BCUT2D eigenvalue weighted by Crippen LogP contribution is -1.97. The summed E-state index contributed by atoms with van der Waals surface area (Å²) in [6, 6.07) is 22.6. The first kappa shape index (κ1) is 14.6. The highest BCUT2D eigenvalue weighted by atomic mass is 35.5. The molecular formula is C19H12ClNS2. The number of fused-ring (bicyclic) bond motifs is 1. The van der Waals surface area contributed by atoms with E-state index in [1.165, 1.54) is 10.8 Å². The van der Waals surface area contributed by atoms with Crippen LogP contribution in [-0.4, -0.2) is 4.57 Å². The van der Waals surface area contributed by atoms with Crippen molar-refractivity contribution in [2.24, 2.45) is 0 Å². The van der Waals surface area contributed by atoms with Gasteiger partial charge in [0.1, 0.15) is 0 Å². The molecule has 112 valence electrons. The van der Waals surface area contributed by atoms with Gasteiger partial charge in [-0.15, -0.1) is 11.3 Å². The molecule has 0 N–H and O–H groups in total. The predicted molar refractivity (Wildman–Crippen MR) is 102 cm³/mol. The van der Waals surface area contributed by atoms with Gasteiger partial charge in [0, 0.05) is 10.9 Å². The number of benzene rings is 3. The summed E-state index contributed by atoms with van der Waals surface area (Å²) >= 11 is 13.5. The largest absolute Gasteiger partial charge is 0.290 e. The quantitative estimate of drug-likeness (QED) is 0.361. The number of thiazole rings is 1. The van der Waals surface area contributed by atoms with Gasteiger partial charge in [-0.1, -0.05) is 60.1 Å². The van der Waals surface area contributed by atoms with Crippen molar-refractivity contribution in [3.63, 3.8) is 0 Å². The number of hydrogen-bond donors (Lipinski definition) is 0. The molecule has 23 heavy (non-hydrogen) atoms. The number of rotatable bonds is 2. The minimum atomic E-state index is 0.698. The van der Waals surface area contributed by atoms with Crippen LogP contribution in [0.25, 0.3) is 27.7 Å². The zero-order chi connectivity index (χ0) is 15.8. The van der Waals surface area contributed by atoms with Gasteiger partial charge in [-0.05, 0) is 41.2 Å². The summed E-state index contributed by atoms with van der Waals surface area (Å²) in [5, 5.41) is 5.24. The molecule has 0 aliphatic rings. The Morgan fingerprint density at radius 2 is 1.61 bits per heavy atom. The van der Waals surface area contributed by atoms with Gasteiger partial charge in [0.2, 0.25) is 0 Å². The molecule has 4 heteroatoms. The lowest BCUT2D eigenvalue weighted by atomic mass is 10.1. The molecule has 0 spiro atoms. The molecule has 0 atom stereocenters. The topological polar surface area (TPSA) is 4.93 Å². The van der Waals surface area contributed by atoms with E-state index in [1.54, 1.807) is 11.3 Å². The van der Waals surface area contributed by atoms with E-state index in [2.05, 4.69) is 47.8 Å². The van der Waals surface area contributed by atoms with Crippen LogP contribution in [-0.2, 0) is 0 Å². The summed E-state index contributed by atoms with van der Waals surface area (Å²) in [7, 11) is 0. The van der Waals surface area contributed by atoms with E-state index in [0.717, 1.165) is 20.9 Å². The van der Waals surface area contributed by atoms with E-state index in [4.69, 9.17) is 23.8 Å². The third kappa shape index (κ3) is 2.61. The van der Waals surface area contributed by atoms with Gasteiger partial charge in [0.25, 0.3) is 0 Å². The summed E-state index contributed by atoms with van der Waals surface area (Å²) in [5.41, 5.74) is 3.12. The van der Waals surface area contributed by atoms with E-state index < -0.39 is 0 Å². The predicted octanol–water partition coefficient (Wildman–Crippen LogP) is 6.74. The van der Waals surface area contributed by atoms with Crippen LogP contribution in [0.3, 0.4) is 0 Å². The van der Waals surface area contributed by atoms with Crippen LogP contribution >= 0.6 is 35.2 Å². The van der Waals surface area contributed by atoms with Crippen LogP contribution < -0.4 is 0 Å². The van der Waals surface area contributed by atoms with Crippen molar-refractivity contribution in [2.75, 3.05) is 0 Å². The summed E-state index contributed by atoms with van der Waals surface area (Å²) in [4.78, 5) is 0. The molecule has 0 bridgehead atoms. The van der Waals surface area contributed by atoms with Crippen LogP contribution in [0.5, 0.6) is 0 Å². The number of aromatic nitrogens is 1. The van der Waals surface area contributed by atoms with Gasteiger partial charge in [-0.3, -0.25) is 4.57 Å². The van der Waals surface area contributed by atoms with Crippen molar-refractivity contribution in [2.45, 2.75) is 0 Å². The Kier molecular flexibility index (Phi) is 3.77. The molecule has 0 radical (unpaired) electrons. The molecule has 1 heterocycles. The summed E-state index contributed by atoms with van der Waals surface area (Å²) < 4.78 is 2.84. The van der Waals surface area contributed by atoms with E-state index in [0.29, 0.717) is 5.02 Å². The molecule has 0 amide bonds. The average Bonchev–Trinajstić information content (AvgIpc) is 2.96. The fraction of sp³-hybridized carbons (Fsp3) is 0. The first-order chi connectivity index (χ1) is 11.2. The van der Waals surface area contributed by atoms with E-state index in [-0.39, 0.29) is 0 Å². The fourth-order valence-electron chi connectivity index (χ4n) is 2.72.